The number of amides is 2. The van der Waals surface area contributed by atoms with Crippen LogP contribution in [-0.2, 0) is 22.5 Å². The number of thiophene rings is 1. The Bertz CT molecular complexity index is 1320. The number of aromatic nitrogens is 1. The fourth-order valence-electron chi connectivity index (χ4n) is 3.35. The number of hydrogen-bond acceptors (Lipinski definition) is 6. The van der Waals surface area contributed by atoms with E-state index in [0.717, 1.165) is 16.5 Å². The Labute approximate surface area is 194 Å². The molecule has 2 N–H and O–H groups in total. The minimum Gasteiger partial charge on any atom is -0.465 e. The van der Waals surface area contributed by atoms with Gasteiger partial charge in [-0.05, 0) is 58.3 Å². The van der Waals surface area contributed by atoms with E-state index in [4.69, 9.17) is 4.74 Å². The van der Waals surface area contributed by atoms with E-state index in [-0.39, 0.29) is 30.3 Å². The highest BCUT2D eigenvalue weighted by atomic mass is 32.1. The fourth-order valence-corrected chi connectivity index (χ4v) is 4.02. The van der Waals surface area contributed by atoms with Crippen LogP contribution < -0.4 is 10.6 Å². The molecule has 0 spiro atoms. The predicted molar refractivity (Wildman–Crippen MR) is 127 cm³/mol. The molecule has 0 bridgehead atoms. The number of esters is 1. The van der Waals surface area contributed by atoms with Crippen LogP contribution in [0.25, 0.3) is 10.9 Å². The van der Waals surface area contributed by atoms with Crippen LogP contribution in [0.5, 0.6) is 0 Å². The van der Waals surface area contributed by atoms with E-state index in [1.54, 1.807) is 24.3 Å². The third-order valence-electron chi connectivity index (χ3n) is 4.93. The minimum atomic E-state index is -0.535. The Morgan fingerprint density at radius 1 is 1.00 bits per heavy atom. The third-order valence-corrected chi connectivity index (χ3v) is 5.66. The van der Waals surface area contributed by atoms with Crippen LogP contribution >= 0.6 is 11.3 Å². The molecule has 4 rings (SSSR count). The van der Waals surface area contributed by atoms with Crippen molar-refractivity contribution in [3.05, 3.63) is 93.8 Å². The van der Waals surface area contributed by atoms with Gasteiger partial charge in [-0.2, -0.15) is 11.3 Å². The lowest BCUT2D eigenvalue weighted by atomic mass is 10.1. The highest BCUT2D eigenvalue weighted by molar-refractivity contribution is 7.08. The first-order chi connectivity index (χ1) is 16.0. The van der Waals surface area contributed by atoms with Gasteiger partial charge in [0.2, 0.25) is 5.91 Å². The molecule has 0 saturated carbocycles. The number of carbonyl (C=O) groups is 3. The van der Waals surface area contributed by atoms with Crippen molar-refractivity contribution in [2.45, 2.75) is 13.0 Å². The maximum atomic E-state index is 12.6. The number of para-hydroxylation sites is 1. The van der Waals surface area contributed by atoms with E-state index in [9.17, 15) is 14.4 Å². The van der Waals surface area contributed by atoms with Crippen molar-refractivity contribution >= 4 is 45.7 Å². The molecule has 33 heavy (non-hydrogen) atoms. The number of nitrogens with one attached hydrogen (secondary N) is 2. The summed E-state index contributed by atoms with van der Waals surface area (Å²) < 4.78 is 4.82. The van der Waals surface area contributed by atoms with E-state index in [0.29, 0.717) is 16.9 Å². The summed E-state index contributed by atoms with van der Waals surface area (Å²) in [6, 6.07) is 17.8. The molecule has 2 aromatic heterocycles. The van der Waals surface area contributed by atoms with E-state index in [1.807, 2.05) is 47.2 Å². The second-order valence-electron chi connectivity index (χ2n) is 7.34. The Balaban J connectivity index is 1.49. The SMILES string of the molecule is COC(=O)c1cc(CNC(=O)c2ccc3ccccc3n2)cc(NC(=O)Cc2ccsc2)c1. The second kappa shape index (κ2) is 10.1. The first-order valence-corrected chi connectivity index (χ1v) is 11.1. The molecule has 2 heterocycles. The number of ether oxygens (including phenoxy) is 1. The summed E-state index contributed by atoms with van der Waals surface area (Å²) in [4.78, 5) is 41.6. The standard InChI is InChI=1S/C25H21N3O4S/c1-32-25(31)19-10-17(11-20(13-19)27-23(29)12-16-8-9-33-15-16)14-26-24(30)22-7-6-18-4-2-3-5-21(18)28-22/h2-11,13,15H,12,14H2,1H3,(H,26,30)(H,27,29). The Morgan fingerprint density at radius 3 is 2.64 bits per heavy atom. The maximum absolute atomic E-state index is 12.6. The predicted octanol–water partition coefficient (Wildman–Crippen LogP) is 4.19. The molecular weight excluding hydrogens is 438 g/mol. The molecule has 7 nitrogen and oxygen atoms in total. The van der Waals surface area contributed by atoms with Crippen molar-refractivity contribution in [1.29, 1.82) is 0 Å². The highest BCUT2D eigenvalue weighted by Gasteiger charge is 2.13. The molecular formula is C25H21N3O4S. The summed E-state index contributed by atoms with van der Waals surface area (Å²) in [6.45, 7) is 0.144. The van der Waals surface area contributed by atoms with Crippen molar-refractivity contribution in [3.8, 4) is 0 Å². The molecule has 2 amide bonds. The number of pyridine rings is 1. The van der Waals surface area contributed by atoms with E-state index in [2.05, 4.69) is 15.6 Å². The molecule has 0 saturated heterocycles. The van der Waals surface area contributed by atoms with Gasteiger partial charge in [0.1, 0.15) is 5.69 Å². The average Bonchev–Trinajstić information content (AvgIpc) is 3.34. The zero-order valence-corrected chi connectivity index (χ0v) is 18.6. The summed E-state index contributed by atoms with van der Waals surface area (Å²) in [5, 5.41) is 10.4. The van der Waals surface area contributed by atoms with Crippen molar-refractivity contribution in [3.63, 3.8) is 0 Å². The topological polar surface area (TPSA) is 97.4 Å². The van der Waals surface area contributed by atoms with Crippen LogP contribution in [0.3, 0.4) is 0 Å². The average molecular weight is 460 g/mol. The zero-order valence-electron chi connectivity index (χ0n) is 17.8. The van der Waals surface area contributed by atoms with Gasteiger partial charge in [0.15, 0.2) is 0 Å². The molecule has 0 fully saturated rings. The first kappa shape index (κ1) is 22.2. The lowest BCUT2D eigenvalue weighted by Crippen LogP contribution is -2.24. The lowest BCUT2D eigenvalue weighted by molar-refractivity contribution is -0.115. The summed E-state index contributed by atoms with van der Waals surface area (Å²) >= 11 is 1.52. The van der Waals surface area contributed by atoms with Crippen molar-refractivity contribution in [2.75, 3.05) is 12.4 Å². The molecule has 166 valence electrons. The van der Waals surface area contributed by atoms with Gasteiger partial charge in [-0.1, -0.05) is 24.3 Å². The third kappa shape index (κ3) is 5.61. The summed E-state index contributed by atoms with van der Waals surface area (Å²) in [6.07, 6.45) is 0.228. The number of carbonyl (C=O) groups excluding carboxylic acids is 3. The lowest BCUT2D eigenvalue weighted by Gasteiger charge is -2.11. The molecule has 0 aliphatic heterocycles. The molecule has 0 aliphatic carbocycles. The van der Waals surface area contributed by atoms with Crippen LogP contribution in [-0.4, -0.2) is 29.9 Å². The number of fused-ring (bicyclic) bond motifs is 1. The van der Waals surface area contributed by atoms with Crippen LogP contribution in [0.2, 0.25) is 0 Å². The van der Waals surface area contributed by atoms with Crippen LogP contribution in [0.4, 0.5) is 5.69 Å². The minimum absolute atomic E-state index is 0.144. The van der Waals surface area contributed by atoms with Crippen LogP contribution in [0.1, 0.15) is 32.0 Å². The largest absolute Gasteiger partial charge is 0.465 e. The fraction of sp³-hybridized carbons (Fsp3) is 0.120. The van der Waals surface area contributed by atoms with Crippen LogP contribution in [0, 0.1) is 0 Å². The van der Waals surface area contributed by atoms with Gasteiger partial charge in [-0.25, -0.2) is 9.78 Å². The van der Waals surface area contributed by atoms with Gasteiger partial charge in [0.05, 0.1) is 24.6 Å². The molecule has 0 unspecified atom stereocenters. The molecule has 8 heteroatoms. The quantitative estimate of drug-likeness (QED) is 0.404. The summed E-state index contributed by atoms with van der Waals surface area (Å²) in [5.41, 5.74) is 3.30. The molecule has 4 aromatic rings. The number of hydrogen-bond donors (Lipinski definition) is 2. The highest BCUT2D eigenvalue weighted by Crippen LogP contribution is 2.18. The molecule has 0 atom stereocenters. The Morgan fingerprint density at radius 2 is 1.85 bits per heavy atom. The Hall–Kier alpha value is -4.04. The van der Waals surface area contributed by atoms with Crippen molar-refractivity contribution in [2.24, 2.45) is 0 Å². The van der Waals surface area contributed by atoms with E-state index >= 15 is 0 Å². The van der Waals surface area contributed by atoms with Gasteiger partial charge >= 0.3 is 5.97 Å². The number of rotatable bonds is 7. The number of anilines is 1. The normalized spacial score (nSPS) is 10.6. The van der Waals surface area contributed by atoms with Crippen molar-refractivity contribution in [1.82, 2.24) is 10.3 Å². The van der Waals surface area contributed by atoms with Gasteiger partial charge in [-0.15, -0.1) is 0 Å². The molecule has 2 aromatic carbocycles. The Kier molecular flexibility index (Phi) is 6.75. The molecule has 0 aliphatic rings. The zero-order chi connectivity index (χ0) is 23.2. The van der Waals surface area contributed by atoms with Gasteiger partial charge in [0.25, 0.3) is 5.91 Å². The second-order valence-corrected chi connectivity index (χ2v) is 8.12. The van der Waals surface area contributed by atoms with E-state index in [1.165, 1.54) is 18.4 Å². The number of benzene rings is 2. The van der Waals surface area contributed by atoms with Gasteiger partial charge < -0.3 is 15.4 Å². The number of methoxy groups -OCH3 is 1. The number of nitrogens with zero attached hydrogens (tertiary/aromatic N) is 1. The van der Waals surface area contributed by atoms with Gasteiger partial charge in [0, 0.05) is 17.6 Å². The smallest absolute Gasteiger partial charge is 0.337 e. The monoisotopic (exact) mass is 459 g/mol. The van der Waals surface area contributed by atoms with Gasteiger partial charge in [-0.3, -0.25) is 9.59 Å². The summed E-state index contributed by atoms with van der Waals surface area (Å²) in [7, 11) is 1.29. The van der Waals surface area contributed by atoms with Crippen LogP contribution in [0.15, 0.2) is 71.4 Å². The maximum Gasteiger partial charge on any atom is 0.337 e. The summed E-state index contributed by atoms with van der Waals surface area (Å²) in [5.74, 6) is -1.08. The van der Waals surface area contributed by atoms with Crippen molar-refractivity contribution < 1.29 is 19.1 Å². The van der Waals surface area contributed by atoms with E-state index < -0.39 is 5.97 Å². The molecule has 0 radical (unpaired) electrons. The first-order valence-electron chi connectivity index (χ1n) is 10.2.